The van der Waals surface area contributed by atoms with E-state index in [0.29, 0.717) is 0 Å². The second-order valence-corrected chi connectivity index (χ2v) is 2.54. The number of allylic oxidation sites excluding steroid dienone is 1. The van der Waals surface area contributed by atoms with Gasteiger partial charge >= 0.3 is 0 Å². The fourth-order valence-electron chi connectivity index (χ4n) is 0.941. The molecule has 0 unspecified atom stereocenters. The van der Waals surface area contributed by atoms with Gasteiger partial charge in [-0.05, 0) is 25.1 Å². The molecular weight excluding hydrogens is 174 g/mol. The molecule has 0 aliphatic rings. The van der Waals surface area contributed by atoms with Crippen LogP contribution < -0.4 is 5.32 Å². The quantitative estimate of drug-likeness (QED) is 0.583. The van der Waals surface area contributed by atoms with E-state index < -0.39 is 0 Å². The maximum Gasteiger partial charge on any atom is 0.131 e. The number of aromatic nitrogens is 1. The summed E-state index contributed by atoms with van der Waals surface area (Å²) in [6.45, 7) is 5.47. The summed E-state index contributed by atoms with van der Waals surface area (Å²) in [6.07, 6.45) is 6.98. The van der Waals surface area contributed by atoms with Gasteiger partial charge in [0, 0.05) is 12.4 Å². The molecule has 3 heteroatoms. The van der Waals surface area contributed by atoms with Crippen molar-refractivity contribution >= 4 is 11.7 Å². The van der Waals surface area contributed by atoms with E-state index in [4.69, 9.17) is 0 Å². The first-order valence-corrected chi connectivity index (χ1v) is 4.36. The molecule has 1 heterocycles. The Morgan fingerprint density at radius 2 is 2.43 bits per heavy atom. The van der Waals surface area contributed by atoms with Gasteiger partial charge in [0.25, 0.3) is 0 Å². The lowest BCUT2D eigenvalue weighted by molar-refractivity contribution is 1.32. The van der Waals surface area contributed by atoms with E-state index in [2.05, 4.69) is 21.9 Å². The zero-order chi connectivity index (χ0) is 10.2. The van der Waals surface area contributed by atoms with Crippen LogP contribution in [0.2, 0.25) is 0 Å². The van der Waals surface area contributed by atoms with Crippen LogP contribution in [-0.2, 0) is 0 Å². The Morgan fingerprint density at radius 1 is 1.57 bits per heavy atom. The topological polar surface area (TPSA) is 37.3 Å². The number of nitrogens with one attached hydrogen (secondary N) is 1. The molecule has 0 aliphatic heterocycles. The molecule has 1 aromatic rings. The van der Waals surface area contributed by atoms with Crippen LogP contribution in [0.1, 0.15) is 6.92 Å². The predicted octanol–water partition coefficient (Wildman–Crippen LogP) is 2.61. The second-order valence-electron chi connectivity index (χ2n) is 2.54. The first-order valence-electron chi connectivity index (χ1n) is 4.36. The molecule has 72 valence electrons. The summed E-state index contributed by atoms with van der Waals surface area (Å²) < 4.78 is 0. The van der Waals surface area contributed by atoms with Crippen molar-refractivity contribution in [3.63, 3.8) is 0 Å². The van der Waals surface area contributed by atoms with Gasteiger partial charge in [-0.25, -0.2) is 9.98 Å². The molecule has 0 saturated heterocycles. The Balaban J connectivity index is 2.75. The summed E-state index contributed by atoms with van der Waals surface area (Å²) in [5.41, 5.74) is 0. The Labute approximate surface area is 83.9 Å². The number of hydrogen-bond donors (Lipinski definition) is 1. The zero-order valence-electron chi connectivity index (χ0n) is 8.14. The molecule has 3 nitrogen and oxygen atoms in total. The highest BCUT2D eigenvalue weighted by atomic mass is 15.0. The summed E-state index contributed by atoms with van der Waals surface area (Å²) in [7, 11) is 0. The number of rotatable bonds is 3. The van der Waals surface area contributed by atoms with Crippen molar-refractivity contribution in [1.29, 1.82) is 0 Å². The summed E-state index contributed by atoms with van der Waals surface area (Å²) in [6, 6.07) is 5.66. The van der Waals surface area contributed by atoms with Crippen molar-refractivity contribution in [3.8, 4) is 0 Å². The van der Waals surface area contributed by atoms with Crippen LogP contribution in [0.3, 0.4) is 0 Å². The van der Waals surface area contributed by atoms with Gasteiger partial charge in [0.15, 0.2) is 0 Å². The van der Waals surface area contributed by atoms with Crippen LogP contribution in [0.4, 0.5) is 5.82 Å². The molecule has 1 aromatic heterocycles. The number of amidine groups is 1. The van der Waals surface area contributed by atoms with E-state index in [1.165, 1.54) is 6.20 Å². The average Bonchev–Trinajstić information content (AvgIpc) is 2.20. The molecule has 0 aliphatic carbocycles. The van der Waals surface area contributed by atoms with Crippen LogP contribution in [0.15, 0.2) is 54.3 Å². The first kappa shape index (κ1) is 10.2. The number of pyridine rings is 1. The summed E-state index contributed by atoms with van der Waals surface area (Å²) in [5.74, 6) is 1.49. The van der Waals surface area contributed by atoms with Crippen molar-refractivity contribution in [2.45, 2.75) is 6.92 Å². The summed E-state index contributed by atoms with van der Waals surface area (Å²) >= 11 is 0. The van der Waals surface area contributed by atoms with Gasteiger partial charge in [0.05, 0.1) is 0 Å². The molecule has 0 bridgehead atoms. The smallest absolute Gasteiger partial charge is 0.131 e. The van der Waals surface area contributed by atoms with E-state index in [0.717, 1.165) is 11.7 Å². The third kappa shape index (κ3) is 3.23. The summed E-state index contributed by atoms with van der Waals surface area (Å²) in [5, 5.41) is 3.06. The fourth-order valence-corrected chi connectivity index (χ4v) is 0.941. The SMILES string of the molecule is C=C/N=C(\C=C/C)Nc1ccccn1. The van der Waals surface area contributed by atoms with Crippen LogP contribution in [0, 0.1) is 0 Å². The Hall–Kier alpha value is -1.90. The maximum absolute atomic E-state index is 4.12. The standard InChI is InChI=1S/C11H13N3/c1-3-7-10(12-4-2)14-11-8-5-6-9-13-11/h3-9H,2H2,1H3,(H,12,13,14)/b7-3-. The van der Waals surface area contributed by atoms with Crippen molar-refractivity contribution in [1.82, 2.24) is 4.98 Å². The van der Waals surface area contributed by atoms with Gasteiger partial charge in [0.1, 0.15) is 11.7 Å². The highest BCUT2D eigenvalue weighted by Crippen LogP contribution is 2.00. The Bertz CT molecular complexity index is 339. The Morgan fingerprint density at radius 3 is 3.00 bits per heavy atom. The van der Waals surface area contributed by atoms with Crippen molar-refractivity contribution in [2.75, 3.05) is 5.32 Å². The molecule has 0 radical (unpaired) electrons. The molecule has 0 spiro atoms. The highest BCUT2D eigenvalue weighted by molar-refractivity contribution is 6.03. The van der Waals surface area contributed by atoms with Crippen LogP contribution in [-0.4, -0.2) is 10.8 Å². The minimum absolute atomic E-state index is 0.723. The first-order chi connectivity index (χ1) is 6.86. The van der Waals surface area contributed by atoms with Gasteiger partial charge in [-0.3, -0.25) is 0 Å². The molecule has 0 saturated carbocycles. The minimum atomic E-state index is 0.723. The molecule has 0 aromatic carbocycles. The van der Waals surface area contributed by atoms with Gasteiger partial charge < -0.3 is 5.32 Å². The van der Waals surface area contributed by atoms with Gasteiger partial charge in [0.2, 0.25) is 0 Å². The van der Waals surface area contributed by atoms with Crippen LogP contribution in [0.25, 0.3) is 0 Å². The van der Waals surface area contributed by atoms with E-state index in [1.807, 2.05) is 37.3 Å². The lowest BCUT2D eigenvalue weighted by atomic mass is 10.4. The van der Waals surface area contributed by atoms with Crippen LogP contribution in [0.5, 0.6) is 0 Å². The third-order valence-corrected chi connectivity index (χ3v) is 1.48. The number of nitrogens with zero attached hydrogens (tertiary/aromatic N) is 2. The molecular formula is C11H13N3. The number of anilines is 1. The largest absolute Gasteiger partial charge is 0.325 e. The van der Waals surface area contributed by atoms with E-state index in [9.17, 15) is 0 Å². The molecule has 0 fully saturated rings. The summed E-state index contributed by atoms with van der Waals surface area (Å²) in [4.78, 5) is 8.17. The Kier molecular flexibility index (Phi) is 4.14. The van der Waals surface area contributed by atoms with Gasteiger partial charge in [-0.2, -0.15) is 0 Å². The predicted molar refractivity (Wildman–Crippen MR) is 60.3 cm³/mol. The van der Waals surface area contributed by atoms with E-state index in [-0.39, 0.29) is 0 Å². The average molecular weight is 187 g/mol. The molecule has 1 rings (SSSR count). The van der Waals surface area contributed by atoms with Gasteiger partial charge in [-0.1, -0.05) is 18.7 Å². The number of hydrogen-bond acceptors (Lipinski definition) is 2. The highest BCUT2D eigenvalue weighted by Gasteiger charge is 1.93. The molecule has 1 N–H and O–H groups in total. The third-order valence-electron chi connectivity index (χ3n) is 1.48. The normalized spacial score (nSPS) is 11.6. The maximum atomic E-state index is 4.12. The molecule has 0 atom stereocenters. The zero-order valence-corrected chi connectivity index (χ0v) is 8.14. The number of aliphatic imine (C=N–C) groups is 1. The minimum Gasteiger partial charge on any atom is -0.325 e. The lowest BCUT2D eigenvalue weighted by Crippen LogP contribution is -2.09. The second kappa shape index (κ2) is 5.70. The van der Waals surface area contributed by atoms with Gasteiger partial charge in [-0.15, -0.1) is 0 Å². The van der Waals surface area contributed by atoms with E-state index >= 15 is 0 Å². The van der Waals surface area contributed by atoms with Crippen molar-refractivity contribution in [3.05, 3.63) is 49.3 Å². The monoisotopic (exact) mass is 187 g/mol. The fraction of sp³-hybridized carbons (Fsp3) is 0.0909. The van der Waals surface area contributed by atoms with Crippen molar-refractivity contribution in [2.24, 2.45) is 4.99 Å². The van der Waals surface area contributed by atoms with Crippen LogP contribution >= 0.6 is 0 Å². The molecule has 14 heavy (non-hydrogen) atoms. The van der Waals surface area contributed by atoms with E-state index in [1.54, 1.807) is 6.20 Å². The lowest BCUT2D eigenvalue weighted by Gasteiger charge is -2.03. The molecule has 0 amide bonds. The van der Waals surface area contributed by atoms with Crippen molar-refractivity contribution < 1.29 is 0 Å².